The van der Waals surface area contributed by atoms with Gasteiger partial charge >= 0.3 is 12.3 Å². The molecule has 1 fully saturated rings. The first-order valence-corrected chi connectivity index (χ1v) is 6.85. The summed E-state index contributed by atoms with van der Waals surface area (Å²) < 4.78 is 50.1. The molecule has 0 atom stereocenters. The van der Waals surface area contributed by atoms with Gasteiger partial charge in [-0.25, -0.2) is 8.78 Å². The number of halogens is 4. The molecular weight excluding hydrogens is 292 g/mol. The summed E-state index contributed by atoms with van der Waals surface area (Å²) in [5, 5.41) is 0. The third-order valence-electron chi connectivity index (χ3n) is 3.79. The summed E-state index contributed by atoms with van der Waals surface area (Å²) in [5.74, 6) is -7.33. The van der Waals surface area contributed by atoms with Gasteiger partial charge in [-0.1, -0.05) is 19.3 Å². The molecule has 8 heteroatoms. The van der Waals surface area contributed by atoms with Gasteiger partial charge in [0, 0.05) is 20.1 Å². The van der Waals surface area contributed by atoms with Gasteiger partial charge in [-0.05, 0) is 12.8 Å². The number of carbonyl (C=O) groups excluding carboxylic acids is 2. The molecule has 0 N–H and O–H groups in total. The largest absolute Gasteiger partial charge is 0.383 e. The van der Waals surface area contributed by atoms with Gasteiger partial charge in [0.2, 0.25) is 5.91 Å². The van der Waals surface area contributed by atoms with E-state index < -0.39 is 30.7 Å². The molecule has 0 aromatic carbocycles. The van der Waals surface area contributed by atoms with Crippen molar-refractivity contribution in [2.24, 2.45) is 0 Å². The van der Waals surface area contributed by atoms with Gasteiger partial charge in [0.15, 0.2) is 0 Å². The molecule has 0 unspecified atom stereocenters. The Labute approximate surface area is 121 Å². The van der Waals surface area contributed by atoms with E-state index in [0.29, 0.717) is 4.90 Å². The Hall–Kier alpha value is -1.34. The molecule has 4 nitrogen and oxygen atoms in total. The highest BCUT2D eigenvalue weighted by Gasteiger charge is 2.50. The molecule has 0 aliphatic heterocycles. The number of alkyl halides is 4. The molecule has 0 heterocycles. The standard InChI is InChI=1S/C13H20F4N2O2/c1-18(12(21)13(16,17)11(14)15)8-10(20)19(2)9-6-4-3-5-7-9/h9,11H,3-8H2,1-2H3. The van der Waals surface area contributed by atoms with Crippen LogP contribution in [0.15, 0.2) is 0 Å². The minimum atomic E-state index is -4.77. The van der Waals surface area contributed by atoms with Crippen LogP contribution in [0.2, 0.25) is 0 Å². The number of rotatable bonds is 5. The van der Waals surface area contributed by atoms with Gasteiger partial charge in [-0.2, -0.15) is 8.78 Å². The van der Waals surface area contributed by atoms with Crippen molar-refractivity contribution in [3.05, 3.63) is 0 Å². The summed E-state index contributed by atoms with van der Waals surface area (Å²) in [4.78, 5) is 25.0. The molecule has 122 valence electrons. The average molecular weight is 312 g/mol. The number of carbonyl (C=O) groups is 2. The van der Waals surface area contributed by atoms with Crippen molar-refractivity contribution in [2.75, 3.05) is 20.6 Å². The van der Waals surface area contributed by atoms with Crippen LogP contribution in [0, 0.1) is 0 Å². The highest BCUT2D eigenvalue weighted by molar-refractivity contribution is 5.88. The van der Waals surface area contributed by atoms with E-state index >= 15 is 0 Å². The number of nitrogens with zero attached hydrogens (tertiary/aromatic N) is 2. The minimum Gasteiger partial charge on any atom is -0.341 e. The number of hydrogen-bond donors (Lipinski definition) is 0. The van der Waals surface area contributed by atoms with Crippen LogP contribution >= 0.6 is 0 Å². The number of likely N-dealkylation sites (N-methyl/N-ethyl adjacent to an activating group) is 2. The van der Waals surface area contributed by atoms with Crippen molar-refractivity contribution in [1.29, 1.82) is 0 Å². The van der Waals surface area contributed by atoms with Crippen LogP contribution < -0.4 is 0 Å². The van der Waals surface area contributed by atoms with E-state index in [2.05, 4.69) is 0 Å². The van der Waals surface area contributed by atoms with E-state index in [-0.39, 0.29) is 6.04 Å². The predicted octanol–water partition coefficient (Wildman–Crippen LogP) is 2.14. The van der Waals surface area contributed by atoms with E-state index in [0.717, 1.165) is 39.2 Å². The third-order valence-corrected chi connectivity index (χ3v) is 3.79. The Balaban J connectivity index is 2.58. The molecule has 21 heavy (non-hydrogen) atoms. The summed E-state index contributed by atoms with van der Waals surface area (Å²) in [7, 11) is 2.47. The van der Waals surface area contributed by atoms with Gasteiger partial charge in [0.05, 0.1) is 6.54 Å². The zero-order valence-corrected chi connectivity index (χ0v) is 12.1. The van der Waals surface area contributed by atoms with Crippen molar-refractivity contribution in [3.63, 3.8) is 0 Å². The fourth-order valence-electron chi connectivity index (χ4n) is 2.41. The zero-order chi connectivity index (χ0) is 16.2. The SMILES string of the molecule is CN(CC(=O)N(C)C1CCCCC1)C(=O)C(F)(F)C(F)F. The Bertz CT molecular complexity index is 384. The minimum absolute atomic E-state index is 0.0189. The molecule has 2 amide bonds. The van der Waals surface area contributed by atoms with Crippen LogP contribution in [-0.4, -0.2) is 60.6 Å². The molecule has 0 saturated heterocycles. The van der Waals surface area contributed by atoms with Crippen molar-refractivity contribution >= 4 is 11.8 Å². The fourth-order valence-corrected chi connectivity index (χ4v) is 2.41. The Kier molecular flexibility index (Phi) is 5.98. The molecule has 0 spiro atoms. The molecule has 1 saturated carbocycles. The molecule has 1 rings (SSSR count). The maximum atomic E-state index is 12.9. The summed E-state index contributed by atoms with van der Waals surface area (Å²) in [6, 6.07) is 0.0189. The van der Waals surface area contributed by atoms with Gasteiger partial charge in [-0.15, -0.1) is 0 Å². The smallest absolute Gasteiger partial charge is 0.341 e. The second kappa shape index (κ2) is 7.09. The van der Waals surface area contributed by atoms with E-state index in [4.69, 9.17) is 0 Å². The zero-order valence-electron chi connectivity index (χ0n) is 12.1. The normalized spacial score (nSPS) is 16.9. The van der Waals surface area contributed by atoms with Crippen LogP contribution in [0.4, 0.5) is 17.6 Å². The van der Waals surface area contributed by atoms with Crippen molar-refractivity contribution in [2.45, 2.75) is 50.5 Å². The highest BCUT2D eigenvalue weighted by atomic mass is 19.3. The predicted molar refractivity (Wildman–Crippen MR) is 68.2 cm³/mol. The first kappa shape index (κ1) is 17.7. The average Bonchev–Trinajstić information content (AvgIpc) is 2.46. The lowest BCUT2D eigenvalue weighted by Gasteiger charge is -2.32. The first-order chi connectivity index (χ1) is 9.67. The van der Waals surface area contributed by atoms with Gasteiger partial charge < -0.3 is 9.80 Å². The molecule has 0 radical (unpaired) electrons. The van der Waals surface area contributed by atoms with Gasteiger partial charge in [-0.3, -0.25) is 9.59 Å². The van der Waals surface area contributed by atoms with Gasteiger partial charge in [0.25, 0.3) is 5.91 Å². The van der Waals surface area contributed by atoms with Crippen molar-refractivity contribution < 1.29 is 27.2 Å². The Morgan fingerprint density at radius 3 is 2.14 bits per heavy atom. The van der Waals surface area contributed by atoms with E-state index in [9.17, 15) is 27.2 Å². The lowest BCUT2D eigenvalue weighted by atomic mass is 9.94. The summed E-state index contributed by atoms with van der Waals surface area (Å²) in [6.07, 6.45) is 0.636. The summed E-state index contributed by atoms with van der Waals surface area (Å²) in [5.41, 5.74) is 0. The Morgan fingerprint density at radius 1 is 1.14 bits per heavy atom. The maximum Gasteiger partial charge on any atom is 0.383 e. The van der Waals surface area contributed by atoms with Crippen LogP contribution in [0.5, 0.6) is 0 Å². The molecule has 0 aromatic rings. The quantitative estimate of drug-likeness (QED) is 0.730. The molecule has 1 aliphatic carbocycles. The topological polar surface area (TPSA) is 40.6 Å². The van der Waals surface area contributed by atoms with Crippen molar-refractivity contribution in [3.8, 4) is 0 Å². The van der Waals surface area contributed by atoms with Crippen LogP contribution in [-0.2, 0) is 9.59 Å². The van der Waals surface area contributed by atoms with Crippen LogP contribution in [0.1, 0.15) is 32.1 Å². The van der Waals surface area contributed by atoms with Crippen molar-refractivity contribution in [1.82, 2.24) is 9.80 Å². The van der Waals surface area contributed by atoms with Gasteiger partial charge in [0.1, 0.15) is 0 Å². The van der Waals surface area contributed by atoms with Crippen LogP contribution in [0.3, 0.4) is 0 Å². The summed E-state index contributed by atoms with van der Waals surface area (Å²) >= 11 is 0. The van der Waals surface area contributed by atoms with E-state index in [1.165, 1.54) is 4.90 Å². The number of hydrogen-bond acceptors (Lipinski definition) is 2. The Morgan fingerprint density at radius 2 is 1.67 bits per heavy atom. The fraction of sp³-hybridized carbons (Fsp3) is 0.846. The van der Waals surface area contributed by atoms with Crippen LogP contribution in [0.25, 0.3) is 0 Å². The maximum absolute atomic E-state index is 12.9. The van der Waals surface area contributed by atoms with E-state index in [1.807, 2.05) is 0 Å². The highest BCUT2D eigenvalue weighted by Crippen LogP contribution is 2.25. The second-order valence-corrected chi connectivity index (χ2v) is 5.38. The molecule has 1 aliphatic rings. The van der Waals surface area contributed by atoms with E-state index in [1.54, 1.807) is 7.05 Å². The lowest BCUT2D eigenvalue weighted by molar-refractivity contribution is -0.180. The first-order valence-electron chi connectivity index (χ1n) is 6.85. The monoisotopic (exact) mass is 312 g/mol. The third kappa shape index (κ3) is 4.31. The molecular formula is C13H20F4N2O2. The molecule has 0 aromatic heterocycles. The second-order valence-electron chi connectivity index (χ2n) is 5.38. The summed E-state index contributed by atoms with van der Waals surface area (Å²) in [6.45, 7) is -0.631. The number of amides is 2. The lowest BCUT2D eigenvalue weighted by Crippen LogP contribution is -2.50. The molecule has 0 bridgehead atoms.